The summed E-state index contributed by atoms with van der Waals surface area (Å²) >= 11 is 3.24. The van der Waals surface area contributed by atoms with Crippen LogP contribution in [0.5, 0.6) is 0 Å². The van der Waals surface area contributed by atoms with Crippen molar-refractivity contribution in [2.24, 2.45) is 0 Å². The van der Waals surface area contributed by atoms with E-state index in [1.165, 1.54) is 24.5 Å². The second-order valence-corrected chi connectivity index (χ2v) is 3.75. The van der Waals surface area contributed by atoms with Gasteiger partial charge in [0.15, 0.2) is 0 Å². The van der Waals surface area contributed by atoms with Crippen LogP contribution in [0.1, 0.15) is 0 Å². The highest BCUT2D eigenvalue weighted by molar-refractivity contribution is 9.10. The molecule has 0 radical (unpaired) electrons. The van der Waals surface area contributed by atoms with Crippen LogP contribution in [-0.4, -0.2) is 9.97 Å². The highest BCUT2D eigenvalue weighted by Gasteiger charge is 2.09. The van der Waals surface area contributed by atoms with Gasteiger partial charge in [-0.05, 0) is 18.2 Å². The molecule has 0 aliphatic carbocycles. The van der Waals surface area contributed by atoms with Gasteiger partial charge in [0.2, 0.25) is 0 Å². The molecule has 0 unspecified atom stereocenters. The first-order chi connectivity index (χ1) is 7.18. The zero-order valence-corrected chi connectivity index (χ0v) is 9.08. The van der Waals surface area contributed by atoms with Crippen molar-refractivity contribution in [3.8, 4) is 11.3 Å². The SMILES string of the molecule is O=c1[nH]ccnc1-c1cc(F)ccc1Br. The number of benzene rings is 1. The first-order valence-corrected chi connectivity index (χ1v) is 4.97. The highest BCUT2D eigenvalue weighted by atomic mass is 79.9. The van der Waals surface area contributed by atoms with E-state index in [0.717, 1.165) is 0 Å². The summed E-state index contributed by atoms with van der Waals surface area (Å²) in [6.45, 7) is 0. The molecule has 1 N–H and O–H groups in total. The molecular weight excluding hydrogens is 263 g/mol. The fourth-order valence-corrected chi connectivity index (χ4v) is 1.66. The molecule has 0 saturated carbocycles. The predicted molar refractivity (Wildman–Crippen MR) is 58.0 cm³/mol. The summed E-state index contributed by atoms with van der Waals surface area (Å²) in [5.41, 5.74) is 0.296. The second-order valence-electron chi connectivity index (χ2n) is 2.89. The first kappa shape index (κ1) is 10.0. The Kier molecular flexibility index (Phi) is 2.64. The molecule has 2 aromatic rings. The van der Waals surface area contributed by atoms with Gasteiger partial charge in [0.25, 0.3) is 5.56 Å². The van der Waals surface area contributed by atoms with E-state index < -0.39 is 5.82 Å². The van der Waals surface area contributed by atoms with Crippen LogP contribution in [0.25, 0.3) is 11.3 Å². The van der Waals surface area contributed by atoms with Gasteiger partial charge < -0.3 is 4.98 Å². The fourth-order valence-electron chi connectivity index (χ4n) is 1.22. The van der Waals surface area contributed by atoms with Crippen molar-refractivity contribution in [2.45, 2.75) is 0 Å². The maximum Gasteiger partial charge on any atom is 0.274 e. The Morgan fingerprint density at radius 3 is 2.93 bits per heavy atom. The largest absolute Gasteiger partial charge is 0.326 e. The van der Waals surface area contributed by atoms with Gasteiger partial charge in [-0.2, -0.15) is 0 Å². The average molecular weight is 269 g/mol. The van der Waals surface area contributed by atoms with Crippen LogP contribution in [0, 0.1) is 5.82 Å². The van der Waals surface area contributed by atoms with Crippen LogP contribution in [-0.2, 0) is 0 Å². The molecule has 76 valence electrons. The number of nitrogens with one attached hydrogen (secondary N) is 1. The molecule has 1 aromatic heterocycles. The normalized spacial score (nSPS) is 10.3. The highest BCUT2D eigenvalue weighted by Crippen LogP contribution is 2.24. The summed E-state index contributed by atoms with van der Waals surface area (Å²) in [6.07, 6.45) is 2.88. The maximum absolute atomic E-state index is 13.0. The number of hydrogen-bond acceptors (Lipinski definition) is 2. The lowest BCUT2D eigenvalue weighted by atomic mass is 10.1. The Bertz CT molecular complexity index is 553. The molecule has 0 bridgehead atoms. The van der Waals surface area contributed by atoms with E-state index in [1.807, 2.05) is 0 Å². The van der Waals surface area contributed by atoms with Gasteiger partial charge in [-0.25, -0.2) is 9.37 Å². The molecule has 0 spiro atoms. The van der Waals surface area contributed by atoms with Crippen molar-refractivity contribution in [1.29, 1.82) is 0 Å². The number of aromatic amines is 1. The van der Waals surface area contributed by atoms with Gasteiger partial charge in [0, 0.05) is 22.4 Å². The Balaban J connectivity index is 2.69. The lowest BCUT2D eigenvalue weighted by Gasteiger charge is -2.02. The Morgan fingerprint density at radius 2 is 2.20 bits per heavy atom. The Hall–Kier alpha value is -1.49. The van der Waals surface area contributed by atoms with Crippen molar-refractivity contribution in [3.05, 3.63) is 51.2 Å². The van der Waals surface area contributed by atoms with Gasteiger partial charge in [-0.1, -0.05) is 15.9 Å². The molecule has 1 heterocycles. The quantitative estimate of drug-likeness (QED) is 0.863. The topological polar surface area (TPSA) is 45.8 Å². The van der Waals surface area contributed by atoms with Gasteiger partial charge in [0.1, 0.15) is 11.5 Å². The number of aromatic nitrogens is 2. The molecule has 0 saturated heterocycles. The van der Waals surface area contributed by atoms with Crippen LogP contribution >= 0.6 is 15.9 Å². The molecular formula is C10H6BrFN2O. The van der Waals surface area contributed by atoms with Gasteiger partial charge in [-0.15, -0.1) is 0 Å². The van der Waals surface area contributed by atoms with Crippen molar-refractivity contribution in [1.82, 2.24) is 9.97 Å². The van der Waals surface area contributed by atoms with E-state index in [9.17, 15) is 9.18 Å². The monoisotopic (exact) mass is 268 g/mol. The summed E-state index contributed by atoms with van der Waals surface area (Å²) in [6, 6.07) is 4.12. The summed E-state index contributed by atoms with van der Waals surface area (Å²) < 4.78 is 13.6. The summed E-state index contributed by atoms with van der Waals surface area (Å²) in [5, 5.41) is 0. The first-order valence-electron chi connectivity index (χ1n) is 4.17. The Morgan fingerprint density at radius 1 is 1.40 bits per heavy atom. The van der Waals surface area contributed by atoms with E-state index in [2.05, 4.69) is 25.9 Å². The molecule has 2 rings (SSSR count). The van der Waals surface area contributed by atoms with Gasteiger partial charge in [0.05, 0.1) is 0 Å². The average Bonchev–Trinajstić information content (AvgIpc) is 2.23. The zero-order chi connectivity index (χ0) is 10.8. The zero-order valence-electron chi connectivity index (χ0n) is 7.50. The number of halogens is 2. The van der Waals surface area contributed by atoms with Crippen LogP contribution in [0.15, 0.2) is 39.9 Å². The molecule has 0 atom stereocenters. The summed E-state index contributed by atoms with van der Waals surface area (Å²) in [4.78, 5) is 17.8. The lowest BCUT2D eigenvalue weighted by molar-refractivity contribution is 0.628. The number of nitrogens with zero attached hydrogens (tertiary/aromatic N) is 1. The minimum Gasteiger partial charge on any atom is -0.326 e. The third-order valence-electron chi connectivity index (χ3n) is 1.89. The fraction of sp³-hybridized carbons (Fsp3) is 0. The van der Waals surface area contributed by atoms with Crippen LogP contribution < -0.4 is 5.56 Å². The minimum absolute atomic E-state index is 0.198. The molecule has 5 heteroatoms. The summed E-state index contributed by atoms with van der Waals surface area (Å²) in [5.74, 6) is -0.404. The van der Waals surface area contributed by atoms with Crippen LogP contribution in [0.4, 0.5) is 4.39 Å². The predicted octanol–water partition coefficient (Wildman–Crippen LogP) is 2.34. The second kappa shape index (κ2) is 3.94. The standard InChI is InChI=1S/C10H6BrFN2O/c11-8-2-1-6(12)5-7(8)9-10(15)14-4-3-13-9/h1-5H,(H,14,15). The minimum atomic E-state index is -0.404. The lowest BCUT2D eigenvalue weighted by Crippen LogP contribution is -2.09. The molecule has 0 amide bonds. The third kappa shape index (κ3) is 1.97. The third-order valence-corrected chi connectivity index (χ3v) is 2.58. The van der Waals surface area contributed by atoms with Gasteiger partial charge in [-0.3, -0.25) is 4.79 Å². The van der Waals surface area contributed by atoms with E-state index in [4.69, 9.17) is 0 Å². The molecule has 3 nitrogen and oxygen atoms in total. The van der Waals surface area contributed by atoms with Crippen molar-refractivity contribution in [3.63, 3.8) is 0 Å². The van der Waals surface area contributed by atoms with Crippen molar-refractivity contribution >= 4 is 15.9 Å². The van der Waals surface area contributed by atoms with Crippen molar-refractivity contribution in [2.75, 3.05) is 0 Å². The van der Waals surface area contributed by atoms with Crippen LogP contribution in [0.2, 0.25) is 0 Å². The van der Waals surface area contributed by atoms with Gasteiger partial charge >= 0.3 is 0 Å². The Labute approximate surface area is 93.1 Å². The smallest absolute Gasteiger partial charge is 0.274 e. The molecule has 0 fully saturated rings. The van der Waals surface area contributed by atoms with E-state index in [1.54, 1.807) is 6.07 Å². The van der Waals surface area contributed by atoms with E-state index in [-0.39, 0.29) is 11.3 Å². The number of rotatable bonds is 1. The molecule has 0 aliphatic rings. The van der Waals surface area contributed by atoms with E-state index in [0.29, 0.717) is 10.0 Å². The number of hydrogen-bond donors (Lipinski definition) is 1. The molecule has 0 aliphatic heterocycles. The van der Waals surface area contributed by atoms with Crippen molar-refractivity contribution < 1.29 is 4.39 Å². The van der Waals surface area contributed by atoms with E-state index >= 15 is 0 Å². The van der Waals surface area contributed by atoms with Crippen LogP contribution in [0.3, 0.4) is 0 Å². The maximum atomic E-state index is 13.0. The molecule has 15 heavy (non-hydrogen) atoms. The molecule has 1 aromatic carbocycles. The summed E-state index contributed by atoms with van der Waals surface area (Å²) in [7, 11) is 0. The number of H-pyrrole nitrogens is 1.